The topological polar surface area (TPSA) is 71.1 Å². The van der Waals surface area contributed by atoms with Crippen LogP contribution in [-0.2, 0) is 23.7 Å². The van der Waals surface area contributed by atoms with Crippen LogP contribution < -0.4 is 0 Å². The summed E-state index contributed by atoms with van der Waals surface area (Å²) >= 11 is 0. The number of benzene rings is 1. The minimum absolute atomic E-state index is 0.0859. The van der Waals surface area contributed by atoms with E-state index in [2.05, 4.69) is 6.58 Å². The zero-order valence-corrected chi connectivity index (χ0v) is 18.0. The molecule has 2 atom stereocenters. The number of rotatable bonds is 13. The van der Waals surface area contributed by atoms with E-state index < -0.39 is 17.9 Å². The lowest BCUT2D eigenvalue weighted by Crippen LogP contribution is -2.39. The van der Waals surface area contributed by atoms with E-state index in [-0.39, 0.29) is 31.5 Å². The highest BCUT2D eigenvalue weighted by atomic mass is 16.7. The Bertz CT molecular complexity index is 675. The molecule has 0 aliphatic rings. The molecule has 0 aliphatic heterocycles. The zero-order chi connectivity index (χ0) is 22.0. The number of hydrogen-bond acceptors (Lipinski definition) is 6. The fourth-order valence-electron chi connectivity index (χ4n) is 2.48. The average molecular weight is 405 g/mol. The molecule has 6 heteroatoms. The minimum atomic E-state index is -1.05. The Hall–Kier alpha value is -2.02. The molecule has 0 aromatic heterocycles. The maximum atomic E-state index is 12.8. The van der Waals surface area contributed by atoms with E-state index in [1.54, 1.807) is 39.8 Å². The van der Waals surface area contributed by atoms with E-state index in [1.807, 2.05) is 19.1 Å². The summed E-state index contributed by atoms with van der Waals surface area (Å²) < 4.78 is 21.6. The summed E-state index contributed by atoms with van der Waals surface area (Å²) in [5.41, 5.74) is 0.819. The predicted molar refractivity (Wildman–Crippen MR) is 111 cm³/mol. The van der Waals surface area contributed by atoms with Crippen molar-refractivity contribution in [1.29, 1.82) is 0 Å². The van der Waals surface area contributed by atoms with Crippen molar-refractivity contribution < 1.29 is 28.5 Å². The number of ether oxygens (including phenoxy) is 4. The Morgan fingerprint density at radius 2 is 1.66 bits per heavy atom. The lowest BCUT2D eigenvalue weighted by atomic mass is 9.94. The molecule has 0 amide bonds. The van der Waals surface area contributed by atoms with Gasteiger partial charge >= 0.3 is 5.97 Å². The van der Waals surface area contributed by atoms with Crippen LogP contribution in [0, 0.1) is 6.92 Å². The van der Waals surface area contributed by atoms with Crippen LogP contribution in [-0.4, -0.2) is 50.1 Å². The first-order chi connectivity index (χ1) is 13.5. The quantitative estimate of drug-likeness (QED) is 0.163. The van der Waals surface area contributed by atoms with Crippen molar-refractivity contribution in [2.75, 3.05) is 26.4 Å². The molecule has 0 saturated heterocycles. The Balaban J connectivity index is 2.34. The second kappa shape index (κ2) is 11.9. The van der Waals surface area contributed by atoms with Crippen molar-refractivity contribution in [3.8, 4) is 0 Å². The highest BCUT2D eigenvalue weighted by Gasteiger charge is 2.31. The molecule has 0 fully saturated rings. The summed E-state index contributed by atoms with van der Waals surface area (Å²) in [4.78, 5) is 24.0. The molecule has 0 saturated carbocycles. The first-order valence-electron chi connectivity index (χ1n) is 9.64. The molecule has 2 radical (unpaired) electrons. The van der Waals surface area contributed by atoms with Gasteiger partial charge in [-0.15, -0.1) is 0 Å². The third-order valence-electron chi connectivity index (χ3n) is 4.10. The van der Waals surface area contributed by atoms with Gasteiger partial charge in [-0.05, 0) is 46.1 Å². The van der Waals surface area contributed by atoms with Gasteiger partial charge in [-0.1, -0.05) is 37.8 Å². The van der Waals surface area contributed by atoms with Gasteiger partial charge in [0.2, 0.25) is 0 Å². The summed E-state index contributed by atoms with van der Waals surface area (Å²) in [7, 11) is 0. The van der Waals surface area contributed by atoms with Crippen LogP contribution in [0.1, 0.15) is 56.5 Å². The molecular weight excluding hydrogens is 372 g/mol. The van der Waals surface area contributed by atoms with E-state index in [0.717, 1.165) is 5.56 Å². The van der Waals surface area contributed by atoms with Crippen molar-refractivity contribution in [3.05, 3.63) is 54.5 Å². The molecular formula is C23H32O6. The number of Topliss-reactive ketones (excluding diaryl/α,β-unsaturated/α-hetero) is 1. The molecule has 160 valence electrons. The molecule has 0 N–H and O–H groups in total. The van der Waals surface area contributed by atoms with Gasteiger partial charge < -0.3 is 18.9 Å². The van der Waals surface area contributed by atoms with E-state index in [9.17, 15) is 9.59 Å². The van der Waals surface area contributed by atoms with Crippen LogP contribution in [0.3, 0.4) is 0 Å². The van der Waals surface area contributed by atoms with Crippen LogP contribution in [0.5, 0.6) is 0 Å². The third kappa shape index (κ3) is 8.90. The maximum Gasteiger partial charge on any atom is 0.333 e. The fourth-order valence-corrected chi connectivity index (χ4v) is 2.48. The van der Waals surface area contributed by atoms with E-state index in [1.165, 1.54) is 0 Å². The molecule has 29 heavy (non-hydrogen) atoms. The molecule has 0 aliphatic carbocycles. The van der Waals surface area contributed by atoms with Gasteiger partial charge in [0.1, 0.15) is 12.2 Å². The smallest absolute Gasteiger partial charge is 0.333 e. The second-order valence-corrected chi connectivity index (χ2v) is 7.34. The van der Waals surface area contributed by atoms with Crippen molar-refractivity contribution in [3.63, 3.8) is 0 Å². The van der Waals surface area contributed by atoms with Crippen LogP contribution in [0.4, 0.5) is 0 Å². The second-order valence-electron chi connectivity index (χ2n) is 7.34. The Morgan fingerprint density at radius 3 is 2.21 bits per heavy atom. The lowest BCUT2D eigenvalue weighted by molar-refractivity contribution is -0.180. The summed E-state index contributed by atoms with van der Waals surface area (Å²) in [6.07, 6.45) is -0.595. The Labute approximate surface area is 174 Å². The van der Waals surface area contributed by atoms with Gasteiger partial charge in [-0.3, -0.25) is 4.79 Å². The molecule has 1 aromatic carbocycles. The first kappa shape index (κ1) is 25.0. The molecule has 0 heterocycles. The number of hydrogen-bond donors (Lipinski definition) is 0. The summed E-state index contributed by atoms with van der Waals surface area (Å²) in [5, 5.41) is 0. The SMILES string of the molecule is [CH]C(C)c1ccc(C(=O)C(C)(C)OC(C)OCCOCCOC(=O)C(=C)C)cc1. The molecule has 0 spiro atoms. The van der Waals surface area contributed by atoms with Crippen LogP contribution in [0.15, 0.2) is 36.4 Å². The van der Waals surface area contributed by atoms with Gasteiger partial charge in [0.25, 0.3) is 0 Å². The van der Waals surface area contributed by atoms with Crippen molar-refractivity contribution in [2.24, 2.45) is 0 Å². The van der Waals surface area contributed by atoms with E-state index in [0.29, 0.717) is 17.7 Å². The largest absolute Gasteiger partial charge is 0.460 e. The van der Waals surface area contributed by atoms with Gasteiger partial charge in [-0.2, -0.15) is 0 Å². The Morgan fingerprint density at radius 1 is 1.07 bits per heavy atom. The molecule has 6 nitrogen and oxygen atoms in total. The minimum Gasteiger partial charge on any atom is -0.460 e. The van der Waals surface area contributed by atoms with Crippen LogP contribution in [0.2, 0.25) is 0 Å². The van der Waals surface area contributed by atoms with Crippen molar-refractivity contribution >= 4 is 11.8 Å². The number of esters is 1. The third-order valence-corrected chi connectivity index (χ3v) is 4.10. The van der Waals surface area contributed by atoms with E-state index >= 15 is 0 Å². The molecule has 2 unspecified atom stereocenters. The summed E-state index contributed by atoms with van der Waals surface area (Å²) in [5.74, 6) is -0.664. The van der Waals surface area contributed by atoms with Crippen LogP contribution >= 0.6 is 0 Å². The lowest BCUT2D eigenvalue weighted by Gasteiger charge is -2.28. The fraction of sp³-hybridized carbons (Fsp3) is 0.522. The number of carbonyl (C=O) groups is 2. The van der Waals surface area contributed by atoms with Gasteiger partial charge in [-0.25, -0.2) is 4.79 Å². The number of carbonyl (C=O) groups excluding carboxylic acids is 2. The van der Waals surface area contributed by atoms with E-state index in [4.69, 9.17) is 25.9 Å². The molecule has 1 rings (SSSR count). The maximum absolute atomic E-state index is 12.8. The highest BCUT2D eigenvalue weighted by Crippen LogP contribution is 2.21. The standard InChI is InChI=1S/C23H32O6/c1-16(2)19-8-10-20(11-9-19)21(24)23(6,7)29-18(5)27-14-12-26-13-15-28-22(25)17(3)4/h1,8-11,16,18H,3,12-15H2,2,4-7H3. The van der Waals surface area contributed by atoms with Gasteiger partial charge in [0.05, 0.1) is 19.8 Å². The number of ketones is 1. The monoisotopic (exact) mass is 404 g/mol. The van der Waals surface area contributed by atoms with Crippen molar-refractivity contribution in [2.45, 2.75) is 52.4 Å². The summed E-state index contributed by atoms with van der Waals surface area (Å²) in [6.45, 7) is 19.0. The van der Waals surface area contributed by atoms with Crippen LogP contribution in [0.25, 0.3) is 0 Å². The van der Waals surface area contributed by atoms with Crippen molar-refractivity contribution in [1.82, 2.24) is 0 Å². The molecule has 0 bridgehead atoms. The average Bonchev–Trinajstić information content (AvgIpc) is 2.65. The zero-order valence-electron chi connectivity index (χ0n) is 18.0. The first-order valence-corrected chi connectivity index (χ1v) is 9.64. The van der Waals surface area contributed by atoms with Gasteiger partial charge in [0, 0.05) is 11.1 Å². The summed E-state index contributed by atoms with van der Waals surface area (Å²) in [6, 6.07) is 7.20. The highest BCUT2D eigenvalue weighted by molar-refractivity contribution is 6.02. The van der Waals surface area contributed by atoms with Gasteiger partial charge in [0.15, 0.2) is 12.1 Å². The normalized spacial score (nSPS) is 12.7. The Kier molecular flexibility index (Phi) is 10.2. The molecule has 1 aromatic rings. The predicted octanol–water partition coefficient (Wildman–Crippen LogP) is 3.98.